The number of nitrogens with one attached hydrogen (secondary N) is 1. The molecule has 3 heteroatoms. The van der Waals surface area contributed by atoms with Crippen molar-refractivity contribution >= 4 is 17.2 Å². The van der Waals surface area contributed by atoms with E-state index in [1.165, 1.54) is 6.08 Å². The molecule has 0 aromatic carbocycles. The van der Waals surface area contributed by atoms with Gasteiger partial charge in [0.15, 0.2) is 0 Å². The molecule has 0 radical (unpaired) electrons. The zero-order chi connectivity index (χ0) is 8.72. The molecule has 12 heavy (non-hydrogen) atoms. The third-order valence-corrected chi connectivity index (χ3v) is 2.39. The fourth-order valence-corrected chi connectivity index (χ4v) is 1.72. The summed E-state index contributed by atoms with van der Waals surface area (Å²) in [5, 5.41) is 3.08. The average molecular weight is 183 g/mol. The van der Waals surface area contributed by atoms with E-state index in [-0.39, 0.29) is 11.7 Å². The van der Waals surface area contributed by atoms with Crippen LogP contribution in [-0.4, -0.2) is 4.99 Å². The summed E-state index contributed by atoms with van der Waals surface area (Å²) < 4.78 is 12.9. The molecule has 2 rings (SSSR count). The molecule has 2 unspecified atom stereocenters. The predicted molar refractivity (Wildman–Crippen MR) is 50.3 cm³/mol. The summed E-state index contributed by atoms with van der Waals surface area (Å²) in [4.78, 5) is 0.752. The monoisotopic (exact) mass is 183 g/mol. The van der Waals surface area contributed by atoms with Gasteiger partial charge in [-0.2, -0.15) is 0 Å². The maximum Gasteiger partial charge on any atom is 0.104 e. The van der Waals surface area contributed by atoms with Crippen LogP contribution < -0.4 is 5.32 Å². The van der Waals surface area contributed by atoms with Gasteiger partial charge in [0.25, 0.3) is 0 Å². The van der Waals surface area contributed by atoms with Gasteiger partial charge in [-0.25, -0.2) is 4.39 Å². The summed E-state index contributed by atoms with van der Waals surface area (Å²) in [6.45, 7) is 1.84. The molecule has 1 fully saturated rings. The van der Waals surface area contributed by atoms with Crippen molar-refractivity contribution in [2.75, 3.05) is 0 Å². The summed E-state index contributed by atoms with van der Waals surface area (Å²) in [6, 6.07) is 0. The van der Waals surface area contributed by atoms with Crippen molar-refractivity contribution in [1.82, 2.24) is 5.32 Å². The summed E-state index contributed by atoms with van der Waals surface area (Å²) in [5.41, 5.74) is 1.08. The Bertz CT molecular complexity index is 293. The first-order chi connectivity index (χ1) is 5.68. The zero-order valence-electron chi connectivity index (χ0n) is 6.80. The van der Waals surface area contributed by atoms with Crippen molar-refractivity contribution in [3.63, 3.8) is 0 Å². The lowest BCUT2D eigenvalue weighted by molar-refractivity contribution is 0.557. The summed E-state index contributed by atoms with van der Waals surface area (Å²) >= 11 is 4.91. The quantitative estimate of drug-likeness (QED) is 0.626. The van der Waals surface area contributed by atoms with Gasteiger partial charge in [-0.05, 0) is 25.5 Å². The van der Waals surface area contributed by atoms with E-state index in [1.807, 2.05) is 6.92 Å². The van der Waals surface area contributed by atoms with Crippen LogP contribution in [0.4, 0.5) is 4.39 Å². The van der Waals surface area contributed by atoms with E-state index >= 15 is 0 Å². The largest absolute Gasteiger partial charge is 0.353 e. The van der Waals surface area contributed by atoms with Crippen LogP contribution in [0.2, 0.25) is 0 Å². The molecule has 2 aliphatic carbocycles. The second-order valence-electron chi connectivity index (χ2n) is 3.30. The van der Waals surface area contributed by atoms with Crippen LogP contribution in [0, 0.1) is 11.8 Å². The molecule has 0 aromatic rings. The topological polar surface area (TPSA) is 12.0 Å². The molecule has 0 heterocycles. The van der Waals surface area contributed by atoms with Crippen LogP contribution in [0.15, 0.2) is 23.7 Å². The van der Waals surface area contributed by atoms with E-state index < -0.39 is 0 Å². The highest BCUT2D eigenvalue weighted by atomic mass is 32.1. The van der Waals surface area contributed by atoms with E-state index in [2.05, 4.69) is 5.32 Å². The van der Waals surface area contributed by atoms with E-state index in [0.29, 0.717) is 5.92 Å². The number of hydrogen-bond acceptors (Lipinski definition) is 1. The lowest BCUT2D eigenvalue weighted by Crippen LogP contribution is -2.20. The van der Waals surface area contributed by atoms with Gasteiger partial charge in [0.2, 0.25) is 0 Å². The fourth-order valence-electron chi connectivity index (χ4n) is 1.60. The lowest BCUT2D eigenvalue weighted by atomic mass is 10.1. The molecule has 0 bridgehead atoms. The SMILES string of the molecule is CC(=S)NC1=CC=C(F)C2CC12. The van der Waals surface area contributed by atoms with Crippen molar-refractivity contribution in [3.8, 4) is 0 Å². The minimum Gasteiger partial charge on any atom is -0.353 e. The van der Waals surface area contributed by atoms with Gasteiger partial charge in [-0.3, -0.25) is 0 Å². The van der Waals surface area contributed by atoms with E-state index in [0.717, 1.165) is 17.1 Å². The van der Waals surface area contributed by atoms with Gasteiger partial charge >= 0.3 is 0 Å². The van der Waals surface area contributed by atoms with Gasteiger partial charge in [-0.1, -0.05) is 12.2 Å². The molecule has 2 atom stereocenters. The van der Waals surface area contributed by atoms with Gasteiger partial charge in [-0.15, -0.1) is 0 Å². The number of thiocarbonyl (C=S) groups is 1. The molecule has 0 spiro atoms. The molecule has 1 nitrogen and oxygen atoms in total. The van der Waals surface area contributed by atoms with Crippen LogP contribution in [-0.2, 0) is 0 Å². The Morgan fingerprint density at radius 3 is 3.00 bits per heavy atom. The Balaban J connectivity index is 2.12. The molecule has 2 aliphatic rings. The van der Waals surface area contributed by atoms with Crippen LogP contribution in [0.3, 0.4) is 0 Å². The Kier molecular flexibility index (Phi) is 1.76. The third-order valence-electron chi connectivity index (χ3n) is 2.29. The molecule has 1 saturated carbocycles. The van der Waals surface area contributed by atoms with E-state index in [9.17, 15) is 4.39 Å². The first kappa shape index (κ1) is 7.92. The molecular formula is C9H10FNS. The fraction of sp³-hybridized carbons (Fsp3) is 0.444. The minimum atomic E-state index is 0.0209. The lowest BCUT2D eigenvalue weighted by Gasteiger charge is -2.11. The van der Waals surface area contributed by atoms with Crippen molar-refractivity contribution in [2.45, 2.75) is 13.3 Å². The van der Waals surface area contributed by atoms with E-state index in [4.69, 9.17) is 12.2 Å². The van der Waals surface area contributed by atoms with Crippen molar-refractivity contribution in [1.29, 1.82) is 0 Å². The van der Waals surface area contributed by atoms with Crippen LogP contribution in [0.1, 0.15) is 13.3 Å². The Morgan fingerprint density at radius 2 is 2.33 bits per heavy atom. The van der Waals surface area contributed by atoms with Crippen molar-refractivity contribution in [2.24, 2.45) is 11.8 Å². The summed E-state index contributed by atoms with van der Waals surface area (Å²) in [7, 11) is 0. The van der Waals surface area contributed by atoms with Crippen LogP contribution >= 0.6 is 12.2 Å². The number of allylic oxidation sites excluding steroid dienone is 4. The summed E-state index contributed by atoms with van der Waals surface area (Å²) in [5.74, 6) is 0.535. The maximum absolute atomic E-state index is 12.9. The van der Waals surface area contributed by atoms with Crippen LogP contribution in [0.25, 0.3) is 0 Å². The first-order valence-electron chi connectivity index (χ1n) is 4.03. The maximum atomic E-state index is 12.9. The Labute approximate surface area is 76.3 Å². The smallest absolute Gasteiger partial charge is 0.104 e. The van der Waals surface area contributed by atoms with Crippen molar-refractivity contribution < 1.29 is 4.39 Å². The molecule has 0 aromatic heterocycles. The Hall–Kier alpha value is -0.700. The number of fused-ring (bicyclic) bond motifs is 1. The normalized spacial score (nSPS) is 31.5. The molecule has 0 amide bonds. The highest BCUT2D eigenvalue weighted by Crippen LogP contribution is 2.50. The highest BCUT2D eigenvalue weighted by Gasteiger charge is 2.44. The zero-order valence-corrected chi connectivity index (χ0v) is 7.62. The van der Waals surface area contributed by atoms with Gasteiger partial charge in [0, 0.05) is 17.5 Å². The molecule has 0 aliphatic heterocycles. The molecule has 64 valence electrons. The van der Waals surface area contributed by atoms with Gasteiger partial charge < -0.3 is 5.32 Å². The van der Waals surface area contributed by atoms with Crippen LogP contribution in [0.5, 0.6) is 0 Å². The van der Waals surface area contributed by atoms with E-state index in [1.54, 1.807) is 6.08 Å². The second-order valence-corrected chi connectivity index (χ2v) is 3.92. The molecule has 0 saturated heterocycles. The molecular weight excluding hydrogens is 173 g/mol. The number of halogens is 1. The third kappa shape index (κ3) is 1.29. The number of rotatable bonds is 1. The predicted octanol–water partition coefficient (Wildman–Crippen LogP) is 2.31. The minimum absolute atomic E-state index is 0.0209. The summed E-state index contributed by atoms with van der Waals surface area (Å²) in [6.07, 6.45) is 4.26. The van der Waals surface area contributed by atoms with Gasteiger partial charge in [0.1, 0.15) is 5.83 Å². The molecule has 1 N–H and O–H groups in total. The average Bonchev–Trinajstić information content (AvgIpc) is 2.73. The number of hydrogen-bond donors (Lipinski definition) is 1. The first-order valence-corrected chi connectivity index (χ1v) is 4.44. The second kappa shape index (κ2) is 2.66. The van der Waals surface area contributed by atoms with Crippen molar-refractivity contribution in [3.05, 3.63) is 23.7 Å². The van der Waals surface area contributed by atoms with Gasteiger partial charge in [0.05, 0.1) is 4.99 Å². The Morgan fingerprint density at radius 1 is 1.58 bits per heavy atom. The highest BCUT2D eigenvalue weighted by molar-refractivity contribution is 7.80. The standard InChI is InChI=1S/C9H10FNS/c1-5(12)11-9-3-2-8(10)6-4-7(6)9/h2-3,6-7H,4H2,1H3,(H,11,12).